The third kappa shape index (κ3) is 6.67. The Morgan fingerprint density at radius 2 is 1.87 bits per heavy atom. The maximum atomic E-state index is 11.6. The summed E-state index contributed by atoms with van der Waals surface area (Å²) >= 11 is 9.13. The van der Waals surface area contributed by atoms with Crippen LogP contribution >= 0.6 is 27.5 Å². The van der Waals surface area contributed by atoms with Crippen molar-refractivity contribution in [3.8, 4) is 5.75 Å². The van der Waals surface area contributed by atoms with Gasteiger partial charge in [0.1, 0.15) is 5.75 Å². The Kier molecular flexibility index (Phi) is 6.84. The van der Waals surface area contributed by atoms with Crippen LogP contribution in [0.5, 0.6) is 5.75 Å². The standard InChI is InChI=1S/C17H14BrClN2O2/c18-14(10-13-4-2-1-3-5-13)11-20-21-17(22)12-23-16-8-6-15(19)7-9-16/h1-11H,12H2,(H,21,22). The molecule has 0 fully saturated rings. The third-order valence-electron chi connectivity index (χ3n) is 2.66. The van der Waals surface area contributed by atoms with Gasteiger partial charge < -0.3 is 4.74 Å². The number of allylic oxidation sites excluding steroid dienone is 1. The lowest BCUT2D eigenvalue weighted by molar-refractivity contribution is -0.123. The molecule has 0 unspecified atom stereocenters. The van der Waals surface area contributed by atoms with E-state index in [-0.39, 0.29) is 12.5 Å². The SMILES string of the molecule is O=C(COc1ccc(Cl)cc1)NN=CC(Br)=Cc1ccccc1. The predicted molar refractivity (Wildman–Crippen MR) is 96.9 cm³/mol. The minimum atomic E-state index is -0.351. The zero-order valence-electron chi connectivity index (χ0n) is 12.1. The Hall–Kier alpha value is -2.11. The summed E-state index contributed by atoms with van der Waals surface area (Å²) in [5.41, 5.74) is 3.42. The first-order chi connectivity index (χ1) is 11.1. The van der Waals surface area contributed by atoms with Gasteiger partial charge in [0.2, 0.25) is 0 Å². The van der Waals surface area contributed by atoms with E-state index >= 15 is 0 Å². The van der Waals surface area contributed by atoms with Crippen LogP contribution in [-0.2, 0) is 4.79 Å². The van der Waals surface area contributed by atoms with E-state index in [2.05, 4.69) is 26.5 Å². The molecule has 0 aliphatic heterocycles. The second-order valence-electron chi connectivity index (χ2n) is 4.48. The van der Waals surface area contributed by atoms with Crippen LogP contribution in [0.15, 0.2) is 64.2 Å². The van der Waals surface area contributed by atoms with Crippen LogP contribution in [-0.4, -0.2) is 18.7 Å². The predicted octanol–water partition coefficient (Wildman–Crippen LogP) is 4.26. The molecule has 0 spiro atoms. The highest BCUT2D eigenvalue weighted by Crippen LogP contribution is 2.15. The topological polar surface area (TPSA) is 50.7 Å². The van der Waals surface area contributed by atoms with Crippen LogP contribution in [0.1, 0.15) is 5.56 Å². The van der Waals surface area contributed by atoms with Crippen molar-refractivity contribution in [1.29, 1.82) is 0 Å². The molecule has 1 N–H and O–H groups in total. The first-order valence-corrected chi connectivity index (χ1v) is 7.93. The van der Waals surface area contributed by atoms with Gasteiger partial charge in [-0.1, -0.05) is 41.9 Å². The summed E-state index contributed by atoms with van der Waals surface area (Å²) in [5, 5.41) is 4.47. The third-order valence-corrected chi connectivity index (χ3v) is 3.35. The summed E-state index contributed by atoms with van der Waals surface area (Å²) in [5.74, 6) is 0.217. The molecule has 23 heavy (non-hydrogen) atoms. The smallest absolute Gasteiger partial charge is 0.277 e. The first-order valence-electron chi connectivity index (χ1n) is 6.76. The van der Waals surface area contributed by atoms with Crippen LogP contribution in [0.3, 0.4) is 0 Å². The number of benzene rings is 2. The van der Waals surface area contributed by atoms with E-state index < -0.39 is 0 Å². The Labute approximate surface area is 147 Å². The first kappa shape index (κ1) is 17.2. The second-order valence-corrected chi connectivity index (χ2v) is 5.83. The number of hydrogen-bond donors (Lipinski definition) is 1. The van der Waals surface area contributed by atoms with Crippen LogP contribution in [0.4, 0.5) is 0 Å². The molecule has 0 aliphatic rings. The molecule has 0 aromatic heterocycles. The summed E-state index contributed by atoms with van der Waals surface area (Å²) < 4.78 is 6.04. The van der Waals surface area contributed by atoms with Gasteiger partial charge in [0.25, 0.3) is 5.91 Å². The number of hydrogen-bond acceptors (Lipinski definition) is 3. The lowest BCUT2D eigenvalue weighted by Gasteiger charge is -2.04. The number of halogens is 2. The average molecular weight is 394 g/mol. The molecule has 6 heteroatoms. The summed E-state index contributed by atoms with van der Waals surface area (Å²) in [7, 11) is 0. The normalized spacial score (nSPS) is 11.5. The lowest BCUT2D eigenvalue weighted by Crippen LogP contribution is -2.24. The van der Waals surface area contributed by atoms with E-state index in [1.54, 1.807) is 24.3 Å². The van der Waals surface area contributed by atoms with Gasteiger partial charge >= 0.3 is 0 Å². The van der Waals surface area contributed by atoms with Gasteiger partial charge in [-0.2, -0.15) is 5.10 Å². The fourth-order valence-electron chi connectivity index (χ4n) is 1.62. The molecule has 0 saturated carbocycles. The second kappa shape index (κ2) is 9.12. The molecule has 0 saturated heterocycles. The minimum absolute atomic E-state index is 0.126. The van der Waals surface area contributed by atoms with Crippen molar-refractivity contribution in [3.05, 3.63) is 69.7 Å². The maximum absolute atomic E-state index is 11.6. The molecule has 1 amide bonds. The molecule has 2 aromatic rings. The van der Waals surface area contributed by atoms with Crippen molar-refractivity contribution in [2.75, 3.05) is 6.61 Å². The highest BCUT2D eigenvalue weighted by atomic mass is 79.9. The van der Waals surface area contributed by atoms with Crippen LogP contribution < -0.4 is 10.2 Å². The Bertz CT molecular complexity index is 700. The van der Waals surface area contributed by atoms with Gasteiger partial charge in [-0.25, -0.2) is 5.43 Å². The van der Waals surface area contributed by atoms with E-state index in [1.807, 2.05) is 36.4 Å². The number of nitrogens with one attached hydrogen (secondary N) is 1. The van der Waals surface area contributed by atoms with Gasteiger partial charge in [-0.3, -0.25) is 4.79 Å². The Morgan fingerprint density at radius 3 is 2.57 bits per heavy atom. The van der Waals surface area contributed by atoms with Crippen molar-refractivity contribution in [1.82, 2.24) is 5.43 Å². The maximum Gasteiger partial charge on any atom is 0.277 e. The number of amides is 1. The van der Waals surface area contributed by atoms with Gasteiger partial charge in [0, 0.05) is 9.51 Å². The quantitative estimate of drug-likeness (QED) is 0.589. The van der Waals surface area contributed by atoms with Gasteiger partial charge in [0.05, 0.1) is 6.21 Å². The Balaban J connectivity index is 1.77. The van der Waals surface area contributed by atoms with Crippen molar-refractivity contribution in [3.63, 3.8) is 0 Å². The number of nitrogens with zero attached hydrogens (tertiary/aromatic N) is 1. The molecule has 0 atom stereocenters. The monoisotopic (exact) mass is 392 g/mol. The van der Waals surface area contributed by atoms with Gasteiger partial charge in [-0.05, 0) is 51.8 Å². The zero-order chi connectivity index (χ0) is 16.5. The summed E-state index contributed by atoms with van der Waals surface area (Å²) in [6, 6.07) is 16.5. The van der Waals surface area contributed by atoms with Gasteiger partial charge in [-0.15, -0.1) is 0 Å². The largest absolute Gasteiger partial charge is 0.484 e. The minimum Gasteiger partial charge on any atom is -0.484 e. The van der Waals surface area contributed by atoms with E-state index in [0.717, 1.165) is 10.0 Å². The summed E-state index contributed by atoms with van der Waals surface area (Å²) in [6.07, 6.45) is 3.40. The van der Waals surface area contributed by atoms with Crippen molar-refractivity contribution >= 4 is 45.7 Å². The Morgan fingerprint density at radius 1 is 1.17 bits per heavy atom. The fraction of sp³-hybridized carbons (Fsp3) is 0.0588. The molecule has 0 radical (unpaired) electrons. The van der Waals surface area contributed by atoms with Crippen LogP contribution in [0.2, 0.25) is 5.02 Å². The van der Waals surface area contributed by atoms with E-state index in [0.29, 0.717) is 10.8 Å². The molecule has 118 valence electrons. The van der Waals surface area contributed by atoms with Crippen LogP contribution in [0, 0.1) is 0 Å². The molecule has 0 heterocycles. The van der Waals surface area contributed by atoms with E-state index in [1.165, 1.54) is 6.21 Å². The number of ether oxygens (including phenoxy) is 1. The van der Waals surface area contributed by atoms with Crippen molar-refractivity contribution in [2.24, 2.45) is 5.10 Å². The highest BCUT2D eigenvalue weighted by molar-refractivity contribution is 9.12. The van der Waals surface area contributed by atoms with Crippen molar-refractivity contribution < 1.29 is 9.53 Å². The fourth-order valence-corrected chi connectivity index (χ4v) is 2.12. The van der Waals surface area contributed by atoms with Crippen molar-refractivity contribution in [2.45, 2.75) is 0 Å². The summed E-state index contributed by atoms with van der Waals surface area (Å²) in [6.45, 7) is -0.126. The van der Waals surface area contributed by atoms with E-state index in [9.17, 15) is 4.79 Å². The number of carbonyl (C=O) groups excluding carboxylic acids is 1. The highest BCUT2D eigenvalue weighted by Gasteiger charge is 2.01. The lowest BCUT2D eigenvalue weighted by atomic mass is 10.2. The number of rotatable bonds is 6. The molecular formula is C17H14BrClN2O2. The number of carbonyl (C=O) groups is 1. The summed E-state index contributed by atoms with van der Waals surface area (Å²) in [4.78, 5) is 11.6. The van der Waals surface area contributed by atoms with E-state index in [4.69, 9.17) is 16.3 Å². The number of hydrazone groups is 1. The average Bonchev–Trinajstić information content (AvgIpc) is 2.55. The van der Waals surface area contributed by atoms with Gasteiger partial charge in [0.15, 0.2) is 6.61 Å². The molecule has 0 aliphatic carbocycles. The van der Waals surface area contributed by atoms with Crippen LogP contribution in [0.25, 0.3) is 6.08 Å². The molecular weight excluding hydrogens is 380 g/mol. The molecule has 2 aromatic carbocycles. The molecule has 0 bridgehead atoms. The zero-order valence-corrected chi connectivity index (χ0v) is 14.4. The molecule has 4 nitrogen and oxygen atoms in total. The molecule has 2 rings (SSSR count).